The first-order chi connectivity index (χ1) is 5.71. The van der Waals surface area contributed by atoms with E-state index in [0.717, 1.165) is 0 Å². The molecular weight excluding hydrogens is 340 g/mol. The van der Waals surface area contributed by atoms with E-state index in [4.69, 9.17) is 17.5 Å². The van der Waals surface area contributed by atoms with Gasteiger partial charge in [-0.2, -0.15) is 8.42 Å². The minimum absolute atomic E-state index is 0. The van der Waals surface area contributed by atoms with Crippen molar-refractivity contribution in [3.05, 3.63) is 0 Å². The Labute approximate surface area is 93.9 Å². The summed E-state index contributed by atoms with van der Waals surface area (Å²) >= 11 is -12.1. The summed E-state index contributed by atoms with van der Waals surface area (Å²) in [5.74, 6) is 0. The van der Waals surface area contributed by atoms with Crippen LogP contribution < -0.4 is 20.6 Å². The summed E-state index contributed by atoms with van der Waals surface area (Å²) in [5, 5.41) is 0. The van der Waals surface area contributed by atoms with Crippen LogP contribution in [0, 0.1) is 0 Å². The maximum atomic E-state index is 9.38. The molecule has 0 aliphatic rings. The SMILES string of the molecule is O=S(=O)(O)O.[NH4+].[NH4+].[O]=[Cr](=[O])([O-])[O][Cr](=[O])(=[O])[O-]. The van der Waals surface area contributed by atoms with Gasteiger partial charge in [-0.05, 0) is 0 Å². The summed E-state index contributed by atoms with van der Waals surface area (Å²) in [5.41, 5.74) is 0. The molecule has 0 amide bonds. The summed E-state index contributed by atoms with van der Waals surface area (Å²) in [7, 11) is -4.67. The first kappa shape index (κ1) is 25.0. The Hall–Kier alpha value is -0.0651. The van der Waals surface area contributed by atoms with Crippen molar-refractivity contribution < 1.29 is 71.1 Å². The van der Waals surface area contributed by atoms with Crippen molar-refractivity contribution in [2.24, 2.45) is 0 Å². The zero-order valence-corrected chi connectivity index (χ0v) is 11.2. The molecule has 13 nitrogen and oxygen atoms in total. The predicted octanol–water partition coefficient (Wildman–Crippen LogP) is -2.83. The molecule has 0 spiro atoms. The van der Waals surface area contributed by atoms with E-state index in [2.05, 4.69) is 2.84 Å². The van der Waals surface area contributed by atoms with Gasteiger partial charge in [-0.25, -0.2) is 0 Å². The van der Waals surface area contributed by atoms with Crippen molar-refractivity contribution in [3.8, 4) is 0 Å². The van der Waals surface area contributed by atoms with Gasteiger partial charge in [0.15, 0.2) is 0 Å². The van der Waals surface area contributed by atoms with E-state index in [0.29, 0.717) is 0 Å². The van der Waals surface area contributed by atoms with Gasteiger partial charge in [0.25, 0.3) is 0 Å². The van der Waals surface area contributed by atoms with E-state index < -0.39 is 37.6 Å². The van der Waals surface area contributed by atoms with Gasteiger partial charge in [0.05, 0.1) is 0 Å². The maximum absolute atomic E-state index is 9.38. The third-order valence-corrected chi connectivity index (χ3v) is 2.83. The van der Waals surface area contributed by atoms with Gasteiger partial charge in [-0.1, -0.05) is 0 Å². The van der Waals surface area contributed by atoms with Crippen LogP contribution in [0.4, 0.5) is 0 Å². The normalized spacial score (nSPS) is 11.2. The van der Waals surface area contributed by atoms with Crippen LogP contribution in [0.1, 0.15) is 0 Å². The van der Waals surface area contributed by atoms with E-state index in [1.54, 1.807) is 0 Å². The van der Waals surface area contributed by atoms with Crippen molar-refractivity contribution in [1.29, 1.82) is 0 Å². The van der Waals surface area contributed by atoms with Crippen molar-refractivity contribution in [1.82, 2.24) is 12.3 Å². The molecule has 0 unspecified atom stereocenters. The predicted molar refractivity (Wildman–Crippen MR) is 30.0 cm³/mol. The Morgan fingerprint density at radius 3 is 1.00 bits per heavy atom. The molecule has 0 atom stereocenters. The van der Waals surface area contributed by atoms with Crippen molar-refractivity contribution >= 4 is 10.4 Å². The molecule has 10 N–H and O–H groups in total. The summed E-state index contributed by atoms with van der Waals surface area (Å²) < 4.78 is 90.5. The summed E-state index contributed by atoms with van der Waals surface area (Å²) in [6.07, 6.45) is 0. The zero-order chi connectivity index (χ0) is 12.2. The van der Waals surface area contributed by atoms with Crippen LogP contribution in [0.2, 0.25) is 0 Å². The topological polar surface area (TPSA) is 271 Å². The van der Waals surface area contributed by atoms with E-state index in [1.807, 2.05) is 0 Å². The van der Waals surface area contributed by atoms with Gasteiger partial charge in [0.1, 0.15) is 0 Å². The molecule has 0 fully saturated rings. The van der Waals surface area contributed by atoms with Crippen molar-refractivity contribution in [2.45, 2.75) is 0 Å². The van der Waals surface area contributed by atoms with Crippen LogP contribution in [-0.4, -0.2) is 17.5 Å². The Kier molecular flexibility index (Phi) is 12.6. The second-order valence-corrected chi connectivity index (χ2v) is 5.87. The molecule has 0 bridgehead atoms. The van der Waals surface area contributed by atoms with E-state index in [1.165, 1.54) is 0 Å². The first-order valence-electron chi connectivity index (χ1n) is 2.03. The molecule has 104 valence electrons. The van der Waals surface area contributed by atoms with Crippen LogP contribution in [0.25, 0.3) is 0 Å². The van der Waals surface area contributed by atoms with Crippen LogP contribution in [0.5, 0.6) is 0 Å². The molecule has 0 aromatic rings. The number of rotatable bonds is 2. The summed E-state index contributed by atoms with van der Waals surface area (Å²) in [4.78, 5) is 0. The molecule has 0 saturated carbocycles. The van der Waals surface area contributed by atoms with Crippen LogP contribution in [0.15, 0.2) is 0 Å². The molecule has 0 aliphatic carbocycles. The summed E-state index contributed by atoms with van der Waals surface area (Å²) in [6.45, 7) is 0. The van der Waals surface area contributed by atoms with Gasteiger partial charge in [-0.3, -0.25) is 9.11 Å². The monoisotopic (exact) mass is 350 g/mol. The Morgan fingerprint density at radius 2 is 1.00 bits per heavy atom. The second kappa shape index (κ2) is 8.09. The van der Waals surface area contributed by atoms with Crippen molar-refractivity contribution in [3.63, 3.8) is 0 Å². The molecule has 0 saturated heterocycles. The molecule has 16 heavy (non-hydrogen) atoms. The Balaban J connectivity index is -0.0000000904. The Bertz CT molecular complexity index is 414. The molecule has 16 heteroatoms. The van der Waals surface area contributed by atoms with Gasteiger partial charge < -0.3 is 12.3 Å². The average molecular weight is 350 g/mol. The van der Waals surface area contributed by atoms with Gasteiger partial charge in [0, 0.05) is 0 Å². The minimum atomic E-state index is -6.07. The van der Waals surface area contributed by atoms with E-state index in [-0.39, 0.29) is 12.3 Å². The van der Waals surface area contributed by atoms with E-state index >= 15 is 0 Å². The molecule has 0 heterocycles. The van der Waals surface area contributed by atoms with Crippen LogP contribution in [-0.2, 0) is 55.7 Å². The van der Waals surface area contributed by atoms with Gasteiger partial charge >= 0.3 is 64.0 Å². The number of hydrogen-bond acceptors (Lipinski definition) is 9. The average Bonchev–Trinajstić information content (AvgIpc) is 1.42. The van der Waals surface area contributed by atoms with Crippen LogP contribution >= 0.6 is 0 Å². The van der Waals surface area contributed by atoms with Gasteiger partial charge in [0.2, 0.25) is 0 Å². The summed E-state index contributed by atoms with van der Waals surface area (Å²) in [6, 6.07) is 0. The quantitative estimate of drug-likeness (QED) is 0.368. The zero-order valence-electron chi connectivity index (χ0n) is 7.79. The van der Waals surface area contributed by atoms with Crippen molar-refractivity contribution in [2.75, 3.05) is 0 Å². The first-order valence-corrected chi connectivity index (χ1v) is 7.59. The molecule has 0 radical (unpaired) electrons. The van der Waals surface area contributed by atoms with Gasteiger partial charge in [-0.15, -0.1) is 0 Å². The fraction of sp³-hybridized carbons (Fsp3) is 0. The Morgan fingerprint density at radius 1 is 0.875 bits per heavy atom. The molecular formula is H10Cr2N2O11S. The second-order valence-electron chi connectivity index (χ2n) is 1.33. The number of quaternary nitrogens is 2. The molecule has 0 aromatic carbocycles. The molecule has 0 aromatic heterocycles. The standard InChI is InChI=1S/2Cr.2H3N.H2O4S.7O/c;;;;1-5(2,3)4;;;;;;;/h;;2*1H3;(H2,1,2,3,4);;;;;;;/q;;;;;;;;;;2*-1/p+2. The fourth-order valence-electron chi connectivity index (χ4n) is 0.102. The third-order valence-electron chi connectivity index (χ3n) is 0.167. The molecule has 0 rings (SSSR count). The van der Waals surface area contributed by atoms with Crippen LogP contribution in [0.3, 0.4) is 0 Å². The van der Waals surface area contributed by atoms with E-state index in [9.17, 15) is 23.5 Å². The third kappa shape index (κ3) is 66.2. The fourth-order valence-corrected chi connectivity index (χ4v) is 1.74. The molecule has 0 aliphatic heterocycles. The number of hydrogen-bond donors (Lipinski definition) is 4.